The number of carboxylic acid groups (broad SMARTS) is 1. The van der Waals surface area contributed by atoms with Gasteiger partial charge in [-0.3, -0.25) is 4.79 Å². The van der Waals surface area contributed by atoms with Crippen LogP contribution in [0.5, 0.6) is 0 Å². The number of nitrogens with two attached hydrogens (primary N) is 1. The van der Waals surface area contributed by atoms with Gasteiger partial charge in [0.25, 0.3) is 0 Å². The smallest absolute Gasteiger partial charge is 0.307 e. The number of rotatable bonds is 3. The molecule has 0 aliphatic heterocycles. The predicted octanol–water partition coefficient (Wildman–Crippen LogP) is 0.689. The molecule has 0 spiro atoms. The number of aliphatic carboxylic acids is 1. The van der Waals surface area contributed by atoms with Crippen LogP contribution in [-0.2, 0) is 4.79 Å². The summed E-state index contributed by atoms with van der Waals surface area (Å²) in [5, 5.41) is 18.2. The van der Waals surface area contributed by atoms with E-state index in [4.69, 9.17) is 10.8 Å². The minimum absolute atomic E-state index is 0.0441. The molecule has 1 aliphatic carbocycles. The molecule has 0 heterocycles. The maximum atomic E-state index is 10.4. The molecule has 0 radical (unpaired) electrons. The molecule has 1 saturated carbocycles. The number of carboxylic acids is 1. The Hall–Kier alpha value is -0.610. The molecular formula is C9H17NO3. The van der Waals surface area contributed by atoms with Gasteiger partial charge in [0, 0.05) is 5.92 Å². The largest absolute Gasteiger partial charge is 0.481 e. The molecule has 76 valence electrons. The standard InChI is InChI=1S/C9H17NO3/c10-9(13,6-8(11)12)7-4-2-1-3-5-7/h7,13H,1-6,10H2,(H,11,12). The first-order valence-electron chi connectivity index (χ1n) is 4.75. The molecule has 0 aromatic carbocycles. The third kappa shape index (κ3) is 2.97. The summed E-state index contributed by atoms with van der Waals surface area (Å²) in [4.78, 5) is 10.4. The molecular weight excluding hydrogens is 170 g/mol. The highest BCUT2D eigenvalue weighted by Crippen LogP contribution is 2.31. The van der Waals surface area contributed by atoms with Crippen molar-refractivity contribution < 1.29 is 15.0 Å². The summed E-state index contributed by atoms with van der Waals surface area (Å²) in [7, 11) is 0. The minimum atomic E-state index is -1.51. The van der Waals surface area contributed by atoms with Gasteiger partial charge in [-0.15, -0.1) is 0 Å². The van der Waals surface area contributed by atoms with Gasteiger partial charge >= 0.3 is 5.97 Å². The van der Waals surface area contributed by atoms with Crippen LogP contribution in [0, 0.1) is 5.92 Å². The number of carbonyl (C=O) groups is 1. The van der Waals surface area contributed by atoms with Crippen molar-refractivity contribution in [2.75, 3.05) is 0 Å². The molecule has 0 aromatic heterocycles. The summed E-state index contributed by atoms with van der Waals surface area (Å²) in [6.07, 6.45) is 4.60. The van der Waals surface area contributed by atoms with E-state index in [1.54, 1.807) is 0 Å². The summed E-state index contributed by atoms with van der Waals surface area (Å²) >= 11 is 0. The highest BCUT2D eigenvalue weighted by molar-refractivity contribution is 5.68. The van der Waals surface area contributed by atoms with E-state index in [0.29, 0.717) is 0 Å². The lowest BCUT2D eigenvalue weighted by Crippen LogP contribution is -2.49. The van der Waals surface area contributed by atoms with Crippen LogP contribution < -0.4 is 5.73 Å². The Morgan fingerprint density at radius 1 is 1.38 bits per heavy atom. The molecule has 13 heavy (non-hydrogen) atoms. The first-order chi connectivity index (χ1) is 6.02. The van der Waals surface area contributed by atoms with Crippen LogP contribution in [0.3, 0.4) is 0 Å². The molecule has 1 rings (SSSR count). The van der Waals surface area contributed by atoms with E-state index in [-0.39, 0.29) is 12.3 Å². The molecule has 0 bridgehead atoms. The van der Waals surface area contributed by atoms with Crippen molar-refractivity contribution in [3.8, 4) is 0 Å². The van der Waals surface area contributed by atoms with Crippen LogP contribution in [0.4, 0.5) is 0 Å². The van der Waals surface area contributed by atoms with Crippen LogP contribution in [0.15, 0.2) is 0 Å². The van der Waals surface area contributed by atoms with Gasteiger partial charge in [0.2, 0.25) is 0 Å². The number of hydrogen-bond acceptors (Lipinski definition) is 3. The zero-order chi connectivity index (χ0) is 9.90. The fourth-order valence-corrected chi connectivity index (χ4v) is 1.99. The average Bonchev–Trinajstić information content (AvgIpc) is 2.04. The third-order valence-electron chi connectivity index (χ3n) is 2.75. The van der Waals surface area contributed by atoms with Crippen LogP contribution in [0.25, 0.3) is 0 Å². The Labute approximate surface area is 77.7 Å². The molecule has 0 amide bonds. The van der Waals surface area contributed by atoms with Gasteiger partial charge in [-0.1, -0.05) is 19.3 Å². The van der Waals surface area contributed by atoms with Gasteiger partial charge in [0.05, 0.1) is 6.42 Å². The quantitative estimate of drug-likeness (QED) is 0.567. The lowest BCUT2D eigenvalue weighted by atomic mass is 9.80. The highest BCUT2D eigenvalue weighted by atomic mass is 16.4. The van der Waals surface area contributed by atoms with Gasteiger partial charge in [-0.05, 0) is 12.8 Å². The lowest BCUT2D eigenvalue weighted by molar-refractivity contribution is -0.145. The first-order valence-corrected chi connectivity index (χ1v) is 4.75. The van der Waals surface area contributed by atoms with Crippen LogP contribution in [0.2, 0.25) is 0 Å². The Balaban J connectivity index is 2.50. The first kappa shape index (κ1) is 10.5. The highest BCUT2D eigenvalue weighted by Gasteiger charge is 2.35. The fourth-order valence-electron chi connectivity index (χ4n) is 1.99. The van der Waals surface area contributed by atoms with E-state index in [1.165, 1.54) is 6.42 Å². The van der Waals surface area contributed by atoms with E-state index in [2.05, 4.69) is 0 Å². The molecule has 1 atom stereocenters. The van der Waals surface area contributed by atoms with Crippen LogP contribution >= 0.6 is 0 Å². The zero-order valence-corrected chi connectivity index (χ0v) is 7.70. The molecule has 4 N–H and O–H groups in total. The molecule has 0 saturated heterocycles. The SMILES string of the molecule is NC(O)(CC(=O)O)C1CCCCC1. The van der Waals surface area contributed by atoms with Crippen molar-refractivity contribution in [3.05, 3.63) is 0 Å². The van der Waals surface area contributed by atoms with Gasteiger partial charge < -0.3 is 15.9 Å². The molecule has 0 aromatic rings. The molecule has 1 fully saturated rings. The second-order valence-corrected chi connectivity index (χ2v) is 3.90. The van der Waals surface area contributed by atoms with E-state index >= 15 is 0 Å². The predicted molar refractivity (Wildman–Crippen MR) is 48.0 cm³/mol. The number of aliphatic hydroxyl groups is 1. The molecule has 4 nitrogen and oxygen atoms in total. The molecule has 4 heteroatoms. The number of hydrogen-bond donors (Lipinski definition) is 3. The fraction of sp³-hybridized carbons (Fsp3) is 0.889. The molecule has 1 aliphatic rings. The maximum Gasteiger partial charge on any atom is 0.307 e. The zero-order valence-electron chi connectivity index (χ0n) is 7.70. The maximum absolute atomic E-state index is 10.4. The Kier molecular flexibility index (Phi) is 3.27. The van der Waals surface area contributed by atoms with Crippen LogP contribution in [-0.4, -0.2) is 21.9 Å². The van der Waals surface area contributed by atoms with Gasteiger partial charge in [-0.2, -0.15) is 0 Å². The summed E-state index contributed by atoms with van der Waals surface area (Å²) in [6.45, 7) is 0. The summed E-state index contributed by atoms with van der Waals surface area (Å²) in [6, 6.07) is 0. The van der Waals surface area contributed by atoms with E-state index in [9.17, 15) is 9.90 Å². The van der Waals surface area contributed by atoms with Crippen LogP contribution in [0.1, 0.15) is 38.5 Å². The normalized spacial score (nSPS) is 23.8. The molecule has 1 unspecified atom stereocenters. The third-order valence-corrected chi connectivity index (χ3v) is 2.75. The summed E-state index contributed by atoms with van der Waals surface area (Å²) in [5.74, 6) is -1.08. The minimum Gasteiger partial charge on any atom is -0.481 e. The Bertz CT molecular complexity index is 185. The average molecular weight is 187 g/mol. The van der Waals surface area contributed by atoms with Gasteiger partial charge in [0.15, 0.2) is 0 Å². The second-order valence-electron chi connectivity index (χ2n) is 3.90. The van der Waals surface area contributed by atoms with Crippen molar-refractivity contribution in [2.24, 2.45) is 11.7 Å². The second kappa shape index (κ2) is 4.07. The van der Waals surface area contributed by atoms with E-state index < -0.39 is 11.7 Å². The van der Waals surface area contributed by atoms with Crippen molar-refractivity contribution in [2.45, 2.75) is 44.2 Å². The van der Waals surface area contributed by atoms with Crippen molar-refractivity contribution in [1.29, 1.82) is 0 Å². The van der Waals surface area contributed by atoms with E-state index in [0.717, 1.165) is 25.7 Å². The topological polar surface area (TPSA) is 83.5 Å². The van der Waals surface area contributed by atoms with Crippen molar-refractivity contribution in [3.63, 3.8) is 0 Å². The van der Waals surface area contributed by atoms with Crippen molar-refractivity contribution >= 4 is 5.97 Å². The van der Waals surface area contributed by atoms with Gasteiger partial charge in [0.1, 0.15) is 5.72 Å². The Morgan fingerprint density at radius 3 is 2.38 bits per heavy atom. The van der Waals surface area contributed by atoms with E-state index in [1.807, 2.05) is 0 Å². The Morgan fingerprint density at radius 2 is 1.92 bits per heavy atom. The lowest BCUT2D eigenvalue weighted by Gasteiger charge is -2.34. The van der Waals surface area contributed by atoms with Gasteiger partial charge in [-0.25, -0.2) is 0 Å². The van der Waals surface area contributed by atoms with Crippen molar-refractivity contribution in [1.82, 2.24) is 0 Å². The summed E-state index contributed by atoms with van der Waals surface area (Å²) < 4.78 is 0. The monoisotopic (exact) mass is 187 g/mol. The summed E-state index contributed by atoms with van der Waals surface area (Å²) in [5.41, 5.74) is 4.06.